The van der Waals surface area contributed by atoms with Crippen LogP contribution in [0.4, 0.5) is 13.2 Å². The van der Waals surface area contributed by atoms with Gasteiger partial charge in [-0.05, 0) is 18.1 Å². The molecular weight excluding hydrogens is 181 g/mol. The van der Waals surface area contributed by atoms with Crippen molar-refractivity contribution in [1.82, 2.24) is 0 Å². The van der Waals surface area contributed by atoms with Gasteiger partial charge < -0.3 is 5.11 Å². The Morgan fingerprint density at radius 3 is 2.62 bits per heavy atom. The summed E-state index contributed by atoms with van der Waals surface area (Å²) in [6.07, 6.45) is -4.24. The van der Waals surface area contributed by atoms with E-state index in [4.69, 9.17) is 1.43 Å². The molecule has 0 fully saturated rings. The molecule has 0 bridgehead atoms. The summed E-state index contributed by atoms with van der Waals surface area (Å²) in [5.74, 6) is 0. The van der Waals surface area contributed by atoms with Gasteiger partial charge in [-0.1, -0.05) is 18.2 Å². The molecule has 0 aromatic heterocycles. The van der Waals surface area contributed by atoms with E-state index in [-0.39, 0.29) is 18.6 Å². The molecule has 1 aromatic carbocycles. The van der Waals surface area contributed by atoms with E-state index < -0.39 is 11.7 Å². The molecule has 0 aliphatic carbocycles. The van der Waals surface area contributed by atoms with Gasteiger partial charge >= 0.3 is 6.18 Å². The molecule has 1 rings (SSSR count). The highest BCUT2D eigenvalue weighted by Gasteiger charge is 2.32. The van der Waals surface area contributed by atoms with E-state index in [2.05, 4.69) is 5.11 Å². The Morgan fingerprint density at radius 2 is 2.00 bits per heavy atom. The fraction of sp³-hybridized carbons (Fsp3) is 0.333. The molecule has 13 heavy (non-hydrogen) atoms. The quantitative estimate of drug-likeness (QED) is 0.776. The molecule has 4 heteroatoms. The van der Waals surface area contributed by atoms with Crippen molar-refractivity contribution in [3.63, 3.8) is 0 Å². The summed E-state index contributed by atoms with van der Waals surface area (Å²) in [7, 11) is 0. The van der Waals surface area contributed by atoms with Gasteiger partial charge in [-0.25, -0.2) is 0 Å². The van der Waals surface area contributed by atoms with Crippen LogP contribution in [0.25, 0.3) is 0 Å². The summed E-state index contributed by atoms with van der Waals surface area (Å²) in [6.45, 7) is -0.0346. The predicted molar refractivity (Wildman–Crippen MR) is 42.2 cm³/mol. The molecule has 0 aliphatic rings. The number of hydrogen-bond donors (Lipinski definition) is 1. The highest BCUT2D eigenvalue weighted by Crippen LogP contribution is 2.31. The molecule has 0 radical (unpaired) electrons. The molecule has 0 unspecified atom stereocenters. The largest absolute Gasteiger partial charge is 0.416 e. The van der Waals surface area contributed by atoms with E-state index in [9.17, 15) is 13.2 Å². The third-order valence-corrected chi connectivity index (χ3v) is 1.69. The molecule has 0 atom stereocenters. The standard InChI is InChI=1S/C9H9F3O/c10-9(11,12)8-4-2-1-3-7(8)5-6-13/h1-4,13H,5-6H2/i13D. The lowest BCUT2D eigenvalue weighted by Crippen LogP contribution is -2.09. The first-order valence-corrected chi connectivity index (χ1v) is 3.79. The van der Waals surface area contributed by atoms with Gasteiger partial charge in [-0.2, -0.15) is 13.2 Å². The molecule has 0 amide bonds. The fourth-order valence-electron chi connectivity index (χ4n) is 1.12. The molecule has 0 saturated heterocycles. The second-order valence-corrected chi connectivity index (χ2v) is 2.61. The van der Waals surface area contributed by atoms with Crippen LogP contribution in [0.2, 0.25) is 0 Å². The molecule has 1 nitrogen and oxygen atoms in total. The van der Waals surface area contributed by atoms with E-state index in [1.807, 2.05) is 0 Å². The number of benzene rings is 1. The van der Waals surface area contributed by atoms with Crippen LogP contribution in [0.15, 0.2) is 24.3 Å². The Morgan fingerprint density at radius 1 is 1.31 bits per heavy atom. The third-order valence-electron chi connectivity index (χ3n) is 1.69. The van der Waals surface area contributed by atoms with E-state index in [0.29, 0.717) is 0 Å². The summed E-state index contributed by atoms with van der Waals surface area (Å²) in [4.78, 5) is 0. The van der Waals surface area contributed by atoms with Crippen LogP contribution >= 0.6 is 0 Å². The summed E-state index contributed by atoms with van der Waals surface area (Å²) >= 11 is 0. The zero-order valence-corrected chi connectivity index (χ0v) is 6.77. The van der Waals surface area contributed by atoms with Crippen molar-refractivity contribution in [2.45, 2.75) is 12.6 Å². The molecule has 0 aliphatic heterocycles. The Kier molecular flexibility index (Phi) is 2.49. The first kappa shape index (κ1) is 8.56. The minimum Gasteiger partial charge on any atom is -0.396 e. The van der Waals surface area contributed by atoms with Crippen LogP contribution in [0.5, 0.6) is 0 Å². The van der Waals surface area contributed by atoms with E-state index in [1.54, 1.807) is 0 Å². The van der Waals surface area contributed by atoms with Crippen molar-refractivity contribution in [2.75, 3.05) is 6.61 Å². The van der Waals surface area contributed by atoms with Crippen LogP contribution in [0.3, 0.4) is 0 Å². The molecule has 1 aromatic rings. The summed E-state index contributed by atoms with van der Waals surface area (Å²) in [6, 6.07) is 5.30. The Balaban J connectivity index is 2.92. The first-order valence-electron chi connectivity index (χ1n) is 4.19. The smallest absolute Gasteiger partial charge is 0.396 e. The van der Waals surface area contributed by atoms with Crippen LogP contribution in [0, 0.1) is 0 Å². The van der Waals surface area contributed by atoms with Crippen LogP contribution in [0.1, 0.15) is 11.1 Å². The molecule has 0 spiro atoms. The lowest BCUT2D eigenvalue weighted by molar-refractivity contribution is -0.138. The lowest BCUT2D eigenvalue weighted by Gasteiger charge is -2.11. The number of aliphatic hydroxyl groups is 1. The monoisotopic (exact) mass is 191 g/mol. The van der Waals surface area contributed by atoms with Crippen molar-refractivity contribution in [2.24, 2.45) is 0 Å². The summed E-state index contributed by atoms with van der Waals surface area (Å²) in [5.41, 5.74) is -0.496. The Hall–Kier alpha value is -1.03. The van der Waals surface area contributed by atoms with Crippen LogP contribution in [-0.2, 0) is 12.6 Å². The average Bonchev–Trinajstić information content (AvgIpc) is 2.14. The summed E-state index contributed by atoms with van der Waals surface area (Å²) in [5, 5.41) is 4.00. The van der Waals surface area contributed by atoms with Crippen molar-refractivity contribution in [1.29, 1.82) is 1.43 Å². The van der Waals surface area contributed by atoms with Gasteiger partial charge in [0.25, 0.3) is 0 Å². The zero-order chi connectivity index (χ0) is 10.6. The van der Waals surface area contributed by atoms with Gasteiger partial charge in [0.15, 0.2) is 0 Å². The summed E-state index contributed by atoms with van der Waals surface area (Å²) < 4.78 is 43.6. The predicted octanol–water partition coefficient (Wildman–Crippen LogP) is 2.24. The van der Waals surface area contributed by atoms with Crippen LogP contribution in [-0.4, -0.2) is 13.1 Å². The normalized spacial score (nSPS) is 12.7. The van der Waals surface area contributed by atoms with Crippen molar-refractivity contribution in [3.8, 4) is 0 Å². The SMILES string of the molecule is [2H]OCCc1ccccc1C(F)(F)F. The fourth-order valence-corrected chi connectivity index (χ4v) is 1.12. The average molecular weight is 191 g/mol. The minimum atomic E-state index is -4.33. The van der Waals surface area contributed by atoms with Gasteiger partial charge in [0.05, 0.1) is 5.56 Å². The highest BCUT2D eigenvalue weighted by atomic mass is 19.4. The maximum absolute atomic E-state index is 12.4. The van der Waals surface area contributed by atoms with Gasteiger partial charge in [-0.15, -0.1) is 0 Å². The van der Waals surface area contributed by atoms with Gasteiger partial charge in [0.1, 0.15) is 0 Å². The number of halogens is 3. The maximum Gasteiger partial charge on any atom is 0.416 e. The molecule has 72 valence electrons. The molecule has 0 heterocycles. The maximum atomic E-state index is 12.4. The first-order chi connectivity index (χ1) is 6.55. The number of rotatable bonds is 3. The van der Waals surface area contributed by atoms with E-state index in [0.717, 1.165) is 6.07 Å². The number of alkyl halides is 3. The van der Waals surface area contributed by atoms with Crippen molar-refractivity contribution >= 4 is 0 Å². The topological polar surface area (TPSA) is 20.2 Å². The second kappa shape index (κ2) is 3.79. The Labute approximate surface area is 75.3 Å². The number of aliphatic hydroxyl groups excluding tert-OH is 1. The van der Waals surface area contributed by atoms with Crippen molar-refractivity contribution in [3.05, 3.63) is 35.4 Å². The van der Waals surface area contributed by atoms with Gasteiger partial charge in [-0.3, -0.25) is 0 Å². The minimum absolute atomic E-state index is 0.0346. The third kappa shape index (κ3) is 2.45. The zero-order valence-electron chi connectivity index (χ0n) is 7.77. The molecular formula is C9H9F3O. The van der Waals surface area contributed by atoms with Gasteiger partial charge in [0.2, 0.25) is 1.43 Å². The highest BCUT2D eigenvalue weighted by molar-refractivity contribution is 5.29. The lowest BCUT2D eigenvalue weighted by atomic mass is 10.0. The molecule has 1 N–H and O–H groups in total. The second-order valence-electron chi connectivity index (χ2n) is 2.61. The molecule has 0 saturated carbocycles. The van der Waals surface area contributed by atoms with Crippen molar-refractivity contribution < 1.29 is 18.3 Å². The van der Waals surface area contributed by atoms with Crippen LogP contribution < -0.4 is 0 Å². The Bertz CT molecular complexity index is 298. The number of hydrogen-bond acceptors (Lipinski definition) is 1. The van der Waals surface area contributed by atoms with E-state index >= 15 is 0 Å². The van der Waals surface area contributed by atoms with Gasteiger partial charge in [0, 0.05) is 6.61 Å². The van der Waals surface area contributed by atoms with E-state index in [1.165, 1.54) is 18.2 Å².